The molecule has 0 amide bonds. The fraction of sp³-hybridized carbons (Fsp3) is 0.800. The third-order valence-corrected chi connectivity index (χ3v) is 4.97. The Hall–Kier alpha value is -0.870. The number of nitrogens with zero attached hydrogens (tertiary/aromatic N) is 3. The molecule has 0 aromatic carbocycles. The fourth-order valence-corrected chi connectivity index (χ4v) is 3.74. The summed E-state index contributed by atoms with van der Waals surface area (Å²) in [5.74, 6) is 1.23. The van der Waals surface area contributed by atoms with E-state index < -0.39 is 0 Å². The van der Waals surface area contributed by atoms with E-state index in [9.17, 15) is 0 Å². The highest BCUT2D eigenvalue weighted by Crippen LogP contribution is 2.38. The first-order valence-corrected chi connectivity index (χ1v) is 7.50. The van der Waals surface area contributed by atoms with Crippen molar-refractivity contribution in [1.82, 2.24) is 19.8 Å². The molecule has 1 fully saturated rings. The first-order chi connectivity index (χ1) is 9.09. The average Bonchev–Trinajstić information content (AvgIpc) is 2.85. The molecule has 2 unspecified atom stereocenters. The molecule has 106 valence electrons. The molecule has 1 aliphatic carbocycles. The second-order valence-electron chi connectivity index (χ2n) is 6.88. The van der Waals surface area contributed by atoms with Crippen LogP contribution in [-0.4, -0.2) is 40.1 Å². The number of nitrogens with one attached hydrogen (secondary N) is 1. The van der Waals surface area contributed by atoms with Gasteiger partial charge < -0.3 is 9.88 Å². The van der Waals surface area contributed by atoms with Crippen molar-refractivity contribution in [1.29, 1.82) is 0 Å². The molecule has 4 heteroatoms. The molecule has 0 radical (unpaired) electrons. The number of hydrogen-bond donors (Lipinski definition) is 1. The summed E-state index contributed by atoms with van der Waals surface area (Å²) < 4.78 is 2.29. The predicted molar refractivity (Wildman–Crippen MR) is 76.9 cm³/mol. The van der Waals surface area contributed by atoms with E-state index >= 15 is 0 Å². The van der Waals surface area contributed by atoms with Crippen LogP contribution in [0.15, 0.2) is 12.4 Å². The lowest BCUT2D eigenvalue weighted by molar-refractivity contribution is 0.0485. The molecule has 1 aromatic rings. The van der Waals surface area contributed by atoms with Crippen molar-refractivity contribution in [2.24, 2.45) is 5.41 Å². The maximum absolute atomic E-state index is 4.49. The van der Waals surface area contributed by atoms with Gasteiger partial charge in [0.15, 0.2) is 0 Å². The van der Waals surface area contributed by atoms with Crippen molar-refractivity contribution < 1.29 is 0 Å². The normalized spacial score (nSPS) is 31.1. The summed E-state index contributed by atoms with van der Waals surface area (Å²) in [6.45, 7) is 8.07. The molecule has 3 rings (SSSR count). The molecule has 1 aliphatic heterocycles. The number of rotatable bonds is 2. The Balaban J connectivity index is 1.76. The summed E-state index contributed by atoms with van der Waals surface area (Å²) in [6.07, 6.45) is 7.95. The van der Waals surface area contributed by atoms with E-state index in [4.69, 9.17) is 0 Å². The van der Waals surface area contributed by atoms with Crippen LogP contribution in [0.25, 0.3) is 0 Å². The van der Waals surface area contributed by atoms with Crippen molar-refractivity contribution in [2.45, 2.75) is 58.3 Å². The van der Waals surface area contributed by atoms with Crippen LogP contribution in [0.1, 0.15) is 38.9 Å². The lowest BCUT2D eigenvalue weighted by Crippen LogP contribution is -2.55. The molecule has 0 saturated heterocycles. The molecule has 1 saturated carbocycles. The number of aromatic nitrogens is 2. The smallest absolute Gasteiger partial charge is 0.122 e. The maximum atomic E-state index is 4.49. The van der Waals surface area contributed by atoms with Crippen LogP contribution in [0.5, 0.6) is 0 Å². The Kier molecular flexibility index (Phi) is 3.39. The van der Waals surface area contributed by atoms with Crippen LogP contribution in [0.3, 0.4) is 0 Å². The van der Waals surface area contributed by atoms with Crippen molar-refractivity contribution in [3.63, 3.8) is 0 Å². The summed E-state index contributed by atoms with van der Waals surface area (Å²) in [5.41, 5.74) is 0.477. The van der Waals surface area contributed by atoms with Gasteiger partial charge in [0.2, 0.25) is 0 Å². The van der Waals surface area contributed by atoms with E-state index in [2.05, 4.69) is 46.9 Å². The zero-order valence-electron chi connectivity index (χ0n) is 12.4. The van der Waals surface area contributed by atoms with Gasteiger partial charge in [-0.25, -0.2) is 4.98 Å². The van der Waals surface area contributed by atoms with E-state index in [1.807, 2.05) is 6.20 Å². The van der Waals surface area contributed by atoms with E-state index in [-0.39, 0.29) is 0 Å². The third kappa shape index (κ3) is 2.56. The minimum atomic E-state index is 0.477. The fourth-order valence-electron chi connectivity index (χ4n) is 3.74. The quantitative estimate of drug-likeness (QED) is 0.883. The van der Waals surface area contributed by atoms with Gasteiger partial charge in [0.05, 0.1) is 6.54 Å². The monoisotopic (exact) mass is 262 g/mol. The van der Waals surface area contributed by atoms with Crippen molar-refractivity contribution in [2.75, 3.05) is 13.6 Å². The standard InChI is InChI=1S/C15H26N4/c1-15(2)5-4-12(16-3)13(10-15)19-9-8-18-7-6-17-14(18)11-19/h6-7,12-13,16H,4-5,8-11H2,1-3H3. The number of hydrogen-bond acceptors (Lipinski definition) is 3. The SMILES string of the molecule is CNC1CCC(C)(C)CC1N1CCn2ccnc2C1. The summed E-state index contributed by atoms with van der Waals surface area (Å²) in [4.78, 5) is 7.13. The lowest BCUT2D eigenvalue weighted by Gasteiger charge is -2.47. The van der Waals surface area contributed by atoms with Crippen LogP contribution in [-0.2, 0) is 13.1 Å². The maximum Gasteiger partial charge on any atom is 0.122 e. The Morgan fingerprint density at radius 1 is 1.37 bits per heavy atom. The van der Waals surface area contributed by atoms with Gasteiger partial charge in [-0.05, 0) is 31.7 Å². The minimum absolute atomic E-state index is 0.477. The Bertz CT molecular complexity index is 437. The van der Waals surface area contributed by atoms with Gasteiger partial charge in [0.25, 0.3) is 0 Å². The van der Waals surface area contributed by atoms with Gasteiger partial charge in [-0.1, -0.05) is 13.8 Å². The van der Waals surface area contributed by atoms with Crippen LogP contribution >= 0.6 is 0 Å². The summed E-state index contributed by atoms with van der Waals surface area (Å²) in [7, 11) is 2.11. The number of imidazole rings is 1. The van der Waals surface area contributed by atoms with Gasteiger partial charge >= 0.3 is 0 Å². The minimum Gasteiger partial charge on any atom is -0.333 e. The summed E-state index contributed by atoms with van der Waals surface area (Å²) in [5, 5.41) is 3.54. The predicted octanol–water partition coefficient (Wildman–Crippen LogP) is 1.87. The topological polar surface area (TPSA) is 33.1 Å². The van der Waals surface area contributed by atoms with E-state index in [0.29, 0.717) is 17.5 Å². The Labute approximate surface area is 116 Å². The average molecular weight is 262 g/mol. The molecule has 4 nitrogen and oxygen atoms in total. The Morgan fingerprint density at radius 3 is 3.00 bits per heavy atom. The first-order valence-electron chi connectivity index (χ1n) is 7.50. The zero-order chi connectivity index (χ0) is 13.5. The lowest BCUT2D eigenvalue weighted by atomic mass is 9.72. The van der Waals surface area contributed by atoms with Crippen molar-refractivity contribution in [3.05, 3.63) is 18.2 Å². The van der Waals surface area contributed by atoms with Crippen LogP contribution in [0.4, 0.5) is 0 Å². The second-order valence-corrected chi connectivity index (χ2v) is 6.88. The van der Waals surface area contributed by atoms with Crippen molar-refractivity contribution >= 4 is 0 Å². The molecule has 2 atom stereocenters. The molecule has 2 aliphatic rings. The number of likely N-dealkylation sites (N-methyl/N-ethyl adjacent to an activating group) is 1. The van der Waals surface area contributed by atoms with E-state index in [1.54, 1.807) is 0 Å². The molecule has 1 N–H and O–H groups in total. The first kappa shape index (κ1) is 13.1. The number of fused-ring (bicyclic) bond motifs is 1. The van der Waals surface area contributed by atoms with Crippen LogP contribution < -0.4 is 5.32 Å². The van der Waals surface area contributed by atoms with Gasteiger partial charge in [0, 0.05) is 37.6 Å². The third-order valence-electron chi connectivity index (χ3n) is 4.97. The summed E-state index contributed by atoms with van der Waals surface area (Å²) in [6, 6.07) is 1.29. The molecular weight excluding hydrogens is 236 g/mol. The molecule has 0 spiro atoms. The molecule has 0 bridgehead atoms. The molecule has 19 heavy (non-hydrogen) atoms. The highest BCUT2D eigenvalue weighted by Gasteiger charge is 2.38. The second kappa shape index (κ2) is 4.91. The summed E-state index contributed by atoms with van der Waals surface area (Å²) >= 11 is 0. The van der Waals surface area contributed by atoms with Crippen LogP contribution in [0.2, 0.25) is 0 Å². The van der Waals surface area contributed by atoms with Gasteiger partial charge in [-0.2, -0.15) is 0 Å². The molecular formula is C15H26N4. The molecule has 1 aromatic heterocycles. The van der Waals surface area contributed by atoms with Crippen molar-refractivity contribution in [3.8, 4) is 0 Å². The zero-order valence-corrected chi connectivity index (χ0v) is 12.4. The molecule has 2 heterocycles. The van der Waals surface area contributed by atoms with E-state index in [0.717, 1.165) is 19.6 Å². The van der Waals surface area contributed by atoms with Gasteiger partial charge in [0.1, 0.15) is 5.82 Å². The highest BCUT2D eigenvalue weighted by molar-refractivity contribution is 5.00. The van der Waals surface area contributed by atoms with Gasteiger partial charge in [-0.15, -0.1) is 0 Å². The van der Waals surface area contributed by atoms with E-state index in [1.165, 1.54) is 25.1 Å². The largest absolute Gasteiger partial charge is 0.333 e. The van der Waals surface area contributed by atoms with Crippen LogP contribution in [0, 0.1) is 5.41 Å². The highest BCUT2D eigenvalue weighted by atomic mass is 15.3. The van der Waals surface area contributed by atoms with Gasteiger partial charge in [-0.3, -0.25) is 4.90 Å². The Morgan fingerprint density at radius 2 is 2.21 bits per heavy atom.